The van der Waals surface area contributed by atoms with Crippen molar-refractivity contribution < 1.29 is 5.11 Å². The molecule has 8 heteroatoms. The summed E-state index contributed by atoms with van der Waals surface area (Å²) in [6.45, 7) is 2.78. The summed E-state index contributed by atoms with van der Waals surface area (Å²) in [6, 6.07) is 1.76. The van der Waals surface area contributed by atoms with Crippen LogP contribution in [0, 0.1) is 6.92 Å². The Balaban J connectivity index is 1.80. The van der Waals surface area contributed by atoms with Crippen molar-refractivity contribution in [3.05, 3.63) is 39.9 Å². The summed E-state index contributed by atoms with van der Waals surface area (Å²) < 4.78 is 1.61. The zero-order chi connectivity index (χ0) is 16.7. The van der Waals surface area contributed by atoms with Crippen LogP contribution in [-0.4, -0.2) is 43.7 Å². The van der Waals surface area contributed by atoms with Crippen molar-refractivity contribution in [2.75, 3.05) is 18.1 Å². The van der Waals surface area contributed by atoms with Crippen LogP contribution in [0.5, 0.6) is 0 Å². The largest absolute Gasteiger partial charge is 0.394 e. The van der Waals surface area contributed by atoms with E-state index in [2.05, 4.69) is 15.0 Å². The molecule has 3 aromatic rings. The number of nitrogens with zero attached hydrogens (tertiary/aromatic N) is 5. The molecule has 24 heavy (non-hydrogen) atoms. The number of aliphatic hydroxyl groups excluding tert-OH is 1. The van der Waals surface area contributed by atoms with E-state index in [1.807, 2.05) is 17.2 Å². The first-order valence-corrected chi connectivity index (χ1v) is 8.74. The fourth-order valence-electron chi connectivity index (χ4n) is 3.13. The van der Waals surface area contributed by atoms with Gasteiger partial charge in [0.15, 0.2) is 4.96 Å². The van der Waals surface area contributed by atoms with E-state index in [9.17, 15) is 9.90 Å². The van der Waals surface area contributed by atoms with E-state index in [1.54, 1.807) is 22.9 Å². The van der Waals surface area contributed by atoms with Crippen LogP contribution < -0.4 is 10.5 Å². The van der Waals surface area contributed by atoms with Gasteiger partial charge in [-0.3, -0.25) is 9.20 Å². The molecule has 0 bridgehead atoms. The first-order chi connectivity index (χ1) is 11.7. The van der Waals surface area contributed by atoms with Crippen molar-refractivity contribution in [1.82, 2.24) is 19.4 Å². The molecule has 4 heterocycles. The summed E-state index contributed by atoms with van der Waals surface area (Å²) in [7, 11) is 0. The van der Waals surface area contributed by atoms with Crippen LogP contribution in [0.15, 0.2) is 28.6 Å². The van der Waals surface area contributed by atoms with Crippen molar-refractivity contribution in [3.63, 3.8) is 0 Å². The Bertz CT molecular complexity index is 951. The van der Waals surface area contributed by atoms with Gasteiger partial charge >= 0.3 is 0 Å². The number of thiazole rings is 1. The van der Waals surface area contributed by atoms with E-state index in [0.717, 1.165) is 25.1 Å². The second-order valence-corrected chi connectivity index (χ2v) is 6.72. The third-order valence-electron chi connectivity index (χ3n) is 4.38. The number of aromatic nitrogens is 4. The van der Waals surface area contributed by atoms with Gasteiger partial charge in [0, 0.05) is 30.0 Å². The molecule has 0 unspecified atom stereocenters. The molecular weight excluding hydrogens is 326 g/mol. The number of hydrogen-bond acceptors (Lipinski definition) is 7. The molecule has 1 fully saturated rings. The molecule has 1 saturated heterocycles. The minimum Gasteiger partial charge on any atom is -0.394 e. The lowest BCUT2D eigenvalue weighted by Gasteiger charge is -2.22. The van der Waals surface area contributed by atoms with Gasteiger partial charge in [-0.15, -0.1) is 11.3 Å². The Morgan fingerprint density at radius 2 is 2.29 bits per heavy atom. The smallest absolute Gasteiger partial charge is 0.268 e. The first-order valence-electron chi connectivity index (χ1n) is 7.86. The molecule has 0 amide bonds. The average molecular weight is 343 g/mol. The highest BCUT2D eigenvalue weighted by atomic mass is 32.1. The van der Waals surface area contributed by atoms with Crippen LogP contribution in [0.1, 0.15) is 18.5 Å². The van der Waals surface area contributed by atoms with Crippen LogP contribution in [0.2, 0.25) is 0 Å². The molecular formula is C16H17N5O2S. The summed E-state index contributed by atoms with van der Waals surface area (Å²) >= 11 is 1.44. The fraction of sp³-hybridized carbons (Fsp3) is 0.375. The highest BCUT2D eigenvalue weighted by molar-refractivity contribution is 7.15. The molecule has 1 atom stereocenters. The highest BCUT2D eigenvalue weighted by Gasteiger charge is 2.26. The van der Waals surface area contributed by atoms with Gasteiger partial charge in [-0.05, 0) is 25.8 Å². The van der Waals surface area contributed by atoms with Gasteiger partial charge in [-0.2, -0.15) is 0 Å². The van der Waals surface area contributed by atoms with E-state index in [-0.39, 0.29) is 18.2 Å². The molecule has 0 saturated carbocycles. The van der Waals surface area contributed by atoms with Crippen LogP contribution in [0.4, 0.5) is 5.95 Å². The Morgan fingerprint density at radius 3 is 3.12 bits per heavy atom. The Labute approximate surface area is 142 Å². The zero-order valence-electron chi connectivity index (χ0n) is 13.2. The maximum Gasteiger partial charge on any atom is 0.268 e. The van der Waals surface area contributed by atoms with Crippen LogP contribution in [0.25, 0.3) is 16.2 Å². The van der Waals surface area contributed by atoms with Gasteiger partial charge in [-0.1, -0.05) is 0 Å². The standard InChI is InChI=1S/C16H17N5O2S/c1-10-9-24-16-18-7-12(14(23)21(10)16)13-4-5-17-15(19-13)20-6-2-3-11(20)8-22/h4-5,7,9,11,22H,2-3,6,8H2,1H3/t11-/m1/s1. The van der Waals surface area contributed by atoms with Gasteiger partial charge in [0.25, 0.3) is 5.56 Å². The molecule has 1 aliphatic heterocycles. The Hall–Kier alpha value is -2.32. The number of anilines is 1. The van der Waals surface area contributed by atoms with Gasteiger partial charge in [0.1, 0.15) is 0 Å². The summed E-state index contributed by atoms with van der Waals surface area (Å²) in [5.41, 5.74) is 1.76. The molecule has 0 aliphatic carbocycles. The molecule has 1 aliphatic rings. The zero-order valence-corrected chi connectivity index (χ0v) is 14.0. The van der Waals surface area contributed by atoms with Crippen molar-refractivity contribution >= 4 is 22.2 Å². The predicted molar refractivity (Wildman–Crippen MR) is 92.6 cm³/mol. The molecule has 0 radical (unpaired) electrons. The number of hydrogen-bond donors (Lipinski definition) is 1. The molecule has 1 N–H and O–H groups in total. The third-order valence-corrected chi connectivity index (χ3v) is 5.34. The summed E-state index contributed by atoms with van der Waals surface area (Å²) in [4.78, 5) is 28.7. The molecule has 4 rings (SSSR count). The summed E-state index contributed by atoms with van der Waals surface area (Å²) in [6.07, 6.45) is 5.16. The van der Waals surface area contributed by atoms with Crippen molar-refractivity contribution in [2.24, 2.45) is 0 Å². The van der Waals surface area contributed by atoms with Crippen molar-refractivity contribution in [3.8, 4) is 11.3 Å². The molecule has 7 nitrogen and oxygen atoms in total. The monoisotopic (exact) mass is 343 g/mol. The van der Waals surface area contributed by atoms with Gasteiger partial charge in [-0.25, -0.2) is 15.0 Å². The Kier molecular flexibility index (Phi) is 3.78. The summed E-state index contributed by atoms with van der Waals surface area (Å²) in [5, 5.41) is 11.4. The Morgan fingerprint density at radius 1 is 1.42 bits per heavy atom. The van der Waals surface area contributed by atoms with Gasteiger partial charge < -0.3 is 10.0 Å². The highest BCUT2D eigenvalue weighted by Crippen LogP contribution is 2.24. The lowest BCUT2D eigenvalue weighted by atomic mass is 10.2. The van der Waals surface area contributed by atoms with Crippen LogP contribution >= 0.6 is 11.3 Å². The second kappa shape index (κ2) is 5.95. The molecule has 0 spiro atoms. The third kappa shape index (κ3) is 2.38. The normalized spacial score (nSPS) is 17.8. The van der Waals surface area contributed by atoms with Crippen LogP contribution in [-0.2, 0) is 0 Å². The summed E-state index contributed by atoms with van der Waals surface area (Å²) in [5.74, 6) is 0.551. The lowest BCUT2D eigenvalue weighted by Crippen LogP contribution is -2.33. The quantitative estimate of drug-likeness (QED) is 0.776. The van der Waals surface area contributed by atoms with Gasteiger partial charge in [0.2, 0.25) is 5.95 Å². The van der Waals surface area contributed by atoms with E-state index < -0.39 is 0 Å². The SMILES string of the molecule is Cc1csc2ncc(-c3ccnc(N4CCC[C@@H]4CO)n3)c(=O)n12. The second-order valence-electron chi connectivity index (χ2n) is 5.89. The number of aryl methyl sites for hydroxylation is 1. The maximum absolute atomic E-state index is 12.8. The minimum atomic E-state index is -0.122. The van der Waals surface area contributed by atoms with Crippen LogP contribution in [0.3, 0.4) is 0 Å². The molecule has 3 aromatic heterocycles. The number of rotatable bonds is 3. The van der Waals surface area contributed by atoms with Gasteiger partial charge in [0.05, 0.1) is 23.9 Å². The van der Waals surface area contributed by atoms with E-state index in [4.69, 9.17) is 0 Å². The van der Waals surface area contributed by atoms with E-state index in [0.29, 0.717) is 22.2 Å². The molecule has 124 valence electrons. The topological polar surface area (TPSA) is 83.6 Å². The van der Waals surface area contributed by atoms with E-state index in [1.165, 1.54) is 11.3 Å². The van der Waals surface area contributed by atoms with Crippen molar-refractivity contribution in [2.45, 2.75) is 25.8 Å². The average Bonchev–Trinajstić information content (AvgIpc) is 3.22. The minimum absolute atomic E-state index is 0.0427. The van der Waals surface area contributed by atoms with Crippen molar-refractivity contribution in [1.29, 1.82) is 0 Å². The number of aliphatic hydroxyl groups is 1. The molecule has 0 aromatic carbocycles. The lowest BCUT2D eigenvalue weighted by molar-refractivity contribution is 0.265. The fourth-order valence-corrected chi connectivity index (χ4v) is 3.95. The first kappa shape index (κ1) is 15.2. The maximum atomic E-state index is 12.8. The number of fused-ring (bicyclic) bond motifs is 1. The predicted octanol–water partition coefficient (Wildman–Crippen LogP) is 1.48. The van der Waals surface area contributed by atoms with E-state index >= 15 is 0 Å².